The van der Waals surface area contributed by atoms with Gasteiger partial charge in [0.15, 0.2) is 0 Å². The van der Waals surface area contributed by atoms with Crippen LogP contribution in [-0.4, -0.2) is 19.2 Å². The van der Waals surface area contributed by atoms with Gasteiger partial charge in [0.05, 0.1) is 0 Å². The largest absolute Gasteiger partial charge is 0.425 e. The van der Waals surface area contributed by atoms with E-state index in [0.717, 1.165) is 6.42 Å². The minimum absolute atomic E-state index is 0.0166. The highest BCUT2D eigenvalue weighted by Gasteiger charge is 2.03. The van der Waals surface area contributed by atoms with E-state index in [0.29, 0.717) is 12.4 Å². The molecule has 1 aromatic rings. The Morgan fingerprint density at radius 3 is 2.64 bits per heavy atom. The lowest BCUT2D eigenvalue weighted by molar-refractivity contribution is -0.139. The van der Waals surface area contributed by atoms with E-state index in [1.165, 1.54) is 0 Å². The van der Waals surface area contributed by atoms with Crippen molar-refractivity contribution in [2.75, 3.05) is 13.2 Å². The van der Waals surface area contributed by atoms with Crippen molar-refractivity contribution in [1.29, 1.82) is 0 Å². The van der Waals surface area contributed by atoms with E-state index in [-0.39, 0.29) is 12.6 Å². The second-order valence-corrected chi connectivity index (χ2v) is 2.84. The number of carbonyl (C=O) groups excluding carboxylic acids is 1. The average molecular weight is 194 g/mol. The van der Waals surface area contributed by atoms with Gasteiger partial charge in [0.2, 0.25) is 0 Å². The first-order chi connectivity index (χ1) is 6.83. The van der Waals surface area contributed by atoms with E-state index in [4.69, 9.17) is 9.47 Å². The molecule has 0 spiro atoms. The molecule has 0 amide bonds. The number of benzene rings is 1. The van der Waals surface area contributed by atoms with Crippen molar-refractivity contribution in [1.82, 2.24) is 0 Å². The average Bonchev–Trinajstić information content (AvgIpc) is 2.20. The fourth-order valence-electron chi connectivity index (χ4n) is 0.949. The summed E-state index contributed by atoms with van der Waals surface area (Å²) in [5, 5.41) is 0. The summed E-state index contributed by atoms with van der Waals surface area (Å²) in [6.07, 6.45) is 0.901. The van der Waals surface area contributed by atoms with Gasteiger partial charge in [0.25, 0.3) is 0 Å². The fourth-order valence-corrected chi connectivity index (χ4v) is 0.949. The maximum Gasteiger partial charge on any atom is 0.337 e. The standard InChI is InChI=1S/C11H14O3/c1-2-8-13-9-11(12)14-10-6-4-3-5-7-10/h3-7H,2,8-9H2,1H3. The third-order valence-electron chi connectivity index (χ3n) is 1.54. The lowest BCUT2D eigenvalue weighted by atomic mass is 10.3. The number of carbonyl (C=O) groups is 1. The number of rotatable bonds is 5. The summed E-state index contributed by atoms with van der Waals surface area (Å²) < 4.78 is 10.0. The predicted molar refractivity (Wildman–Crippen MR) is 53.2 cm³/mol. The minimum Gasteiger partial charge on any atom is -0.425 e. The zero-order chi connectivity index (χ0) is 10.2. The van der Waals surface area contributed by atoms with E-state index in [1.807, 2.05) is 25.1 Å². The molecule has 0 N–H and O–H groups in total. The molecule has 3 nitrogen and oxygen atoms in total. The molecule has 0 atom stereocenters. The van der Waals surface area contributed by atoms with Gasteiger partial charge in [0, 0.05) is 6.61 Å². The third-order valence-corrected chi connectivity index (χ3v) is 1.54. The first-order valence-electron chi connectivity index (χ1n) is 4.66. The van der Waals surface area contributed by atoms with E-state index in [2.05, 4.69) is 0 Å². The molecule has 0 aliphatic rings. The maximum absolute atomic E-state index is 11.1. The van der Waals surface area contributed by atoms with Crippen LogP contribution in [0, 0.1) is 0 Å². The van der Waals surface area contributed by atoms with Gasteiger partial charge >= 0.3 is 5.97 Å². The Balaban J connectivity index is 2.27. The van der Waals surface area contributed by atoms with Crippen LogP contribution < -0.4 is 4.74 Å². The third kappa shape index (κ3) is 4.05. The van der Waals surface area contributed by atoms with Crippen LogP contribution in [-0.2, 0) is 9.53 Å². The van der Waals surface area contributed by atoms with E-state index < -0.39 is 0 Å². The summed E-state index contributed by atoms with van der Waals surface area (Å²) in [5.74, 6) is 0.197. The molecule has 76 valence electrons. The molecule has 0 radical (unpaired) electrons. The molecule has 1 aromatic carbocycles. The summed E-state index contributed by atoms with van der Waals surface area (Å²) in [6, 6.07) is 8.96. The summed E-state index contributed by atoms with van der Waals surface area (Å²) in [7, 11) is 0. The number of hydrogen-bond acceptors (Lipinski definition) is 3. The van der Waals surface area contributed by atoms with Crippen LogP contribution in [0.3, 0.4) is 0 Å². The first-order valence-corrected chi connectivity index (χ1v) is 4.66. The summed E-state index contributed by atoms with van der Waals surface area (Å²) in [6.45, 7) is 2.59. The number of esters is 1. The topological polar surface area (TPSA) is 35.5 Å². The molecule has 0 aliphatic heterocycles. The van der Waals surface area contributed by atoms with Crippen LogP contribution in [0.5, 0.6) is 5.75 Å². The molecular formula is C11H14O3. The molecule has 14 heavy (non-hydrogen) atoms. The molecule has 0 saturated heterocycles. The molecule has 0 fully saturated rings. The lowest BCUT2D eigenvalue weighted by Gasteiger charge is -2.03. The Labute approximate surface area is 83.6 Å². The molecular weight excluding hydrogens is 180 g/mol. The van der Waals surface area contributed by atoms with Crippen LogP contribution >= 0.6 is 0 Å². The lowest BCUT2D eigenvalue weighted by Crippen LogP contribution is -2.15. The highest BCUT2D eigenvalue weighted by atomic mass is 16.6. The van der Waals surface area contributed by atoms with Gasteiger partial charge in [0.1, 0.15) is 12.4 Å². The van der Waals surface area contributed by atoms with Crippen molar-refractivity contribution in [3.8, 4) is 5.75 Å². The summed E-state index contributed by atoms with van der Waals surface area (Å²) in [4.78, 5) is 11.1. The van der Waals surface area contributed by atoms with Gasteiger partial charge in [-0.05, 0) is 18.6 Å². The van der Waals surface area contributed by atoms with Gasteiger partial charge in [-0.15, -0.1) is 0 Å². The minimum atomic E-state index is -0.357. The Morgan fingerprint density at radius 1 is 1.29 bits per heavy atom. The van der Waals surface area contributed by atoms with E-state index >= 15 is 0 Å². The molecule has 0 unspecified atom stereocenters. The van der Waals surface area contributed by atoms with Crippen LogP contribution in [0.1, 0.15) is 13.3 Å². The number of hydrogen-bond donors (Lipinski definition) is 0. The highest BCUT2D eigenvalue weighted by Crippen LogP contribution is 2.08. The van der Waals surface area contributed by atoms with Crippen LogP contribution in [0.2, 0.25) is 0 Å². The summed E-state index contributed by atoms with van der Waals surface area (Å²) in [5.41, 5.74) is 0. The van der Waals surface area contributed by atoms with Crippen molar-refractivity contribution >= 4 is 5.97 Å². The zero-order valence-electron chi connectivity index (χ0n) is 8.23. The maximum atomic E-state index is 11.1. The second kappa shape index (κ2) is 6.16. The van der Waals surface area contributed by atoms with Gasteiger partial charge in [-0.25, -0.2) is 4.79 Å². The summed E-state index contributed by atoms with van der Waals surface area (Å²) >= 11 is 0. The Morgan fingerprint density at radius 2 is 2.00 bits per heavy atom. The van der Waals surface area contributed by atoms with Crippen LogP contribution in [0.25, 0.3) is 0 Å². The number of para-hydroxylation sites is 1. The molecule has 3 heteroatoms. The SMILES string of the molecule is CCCOCC(=O)Oc1ccccc1. The molecule has 0 aliphatic carbocycles. The first kappa shape index (κ1) is 10.7. The second-order valence-electron chi connectivity index (χ2n) is 2.84. The Kier molecular flexibility index (Phi) is 4.72. The normalized spacial score (nSPS) is 9.79. The van der Waals surface area contributed by atoms with E-state index in [1.54, 1.807) is 12.1 Å². The molecule has 0 bridgehead atoms. The highest BCUT2D eigenvalue weighted by molar-refractivity contribution is 5.73. The van der Waals surface area contributed by atoms with Crippen molar-refractivity contribution in [2.24, 2.45) is 0 Å². The molecule has 0 aromatic heterocycles. The Hall–Kier alpha value is -1.35. The Bertz CT molecular complexity index is 269. The molecule has 0 saturated carbocycles. The fraction of sp³-hybridized carbons (Fsp3) is 0.364. The van der Waals surface area contributed by atoms with Gasteiger partial charge in [-0.3, -0.25) is 0 Å². The van der Waals surface area contributed by atoms with Crippen LogP contribution in [0.4, 0.5) is 0 Å². The molecule has 1 rings (SSSR count). The van der Waals surface area contributed by atoms with Gasteiger partial charge in [-0.2, -0.15) is 0 Å². The number of ether oxygens (including phenoxy) is 2. The van der Waals surface area contributed by atoms with Crippen molar-refractivity contribution in [3.05, 3.63) is 30.3 Å². The van der Waals surface area contributed by atoms with E-state index in [9.17, 15) is 4.79 Å². The van der Waals surface area contributed by atoms with Crippen molar-refractivity contribution < 1.29 is 14.3 Å². The van der Waals surface area contributed by atoms with Crippen LogP contribution in [0.15, 0.2) is 30.3 Å². The van der Waals surface area contributed by atoms with Gasteiger partial charge in [-0.1, -0.05) is 25.1 Å². The van der Waals surface area contributed by atoms with Gasteiger partial charge < -0.3 is 9.47 Å². The van der Waals surface area contributed by atoms with Crippen molar-refractivity contribution in [2.45, 2.75) is 13.3 Å². The molecule has 0 heterocycles. The quantitative estimate of drug-likeness (QED) is 0.408. The zero-order valence-corrected chi connectivity index (χ0v) is 8.23. The monoisotopic (exact) mass is 194 g/mol. The smallest absolute Gasteiger partial charge is 0.337 e. The van der Waals surface area contributed by atoms with Crippen molar-refractivity contribution in [3.63, 3.8) is 0 Å². The predicted octanol–water partition coefficient (Wildman–Crippen LogP) is 2.02.